The van der Waals surface area contributed by atoms with E-state index < -0.39 is 0 Å². The Labute approximate surface area is 130 Å². The van der Waals surface area contributed by atoms with Crippen molar-refractivity contribution in [2.45, 2.75) is 58.0 Å². The SMILES string of the molecule is CCC1CCC(C)N1C(=O)c1sc(N2CCCC2)nc1N. The van der Waals surface area contributed by atoms with Gasteiger partial charge in [-0.15, -0.1) is 0 Å². The highest BCUT2D eigenvalue weighted by atomic mass is 32.1. The summed E-state index contributed by atoms with van der Waals surface area (Å²) in [5.74, 6) is 0.480. The van der Waals surface area contributed by atoms with Gasteiger partial charge >= 0.3 is 0 Å². The van der Waals surface area contributed by atoms with Crippen LogP contribution in [-0.4, -0.2) is 41.0 Å². The Morgan fingerprint density at radius 1 is 1.38 bits per heavy atom. The van der Waals surface area contributed by atoms with Crippen LogP contribution in [0.4, 0.5) is 10.9 Å². The van der Waals surface area contributed by atoms with Crippen LogP contribution in [0.5, 0.6) is 0 Å². The predicted molar refractivity (Wildman–Crippen MR) is 86.9 cm³/mol. The van der Waals surface area contributed by atoms with E-state index in [9.17, 15) is 4.79 Å². The Kier molecular flexibility index (Phi) is 4.06. The molecule has 2 fully saturated rings. The standard InChI is InChI=1S/C15H24N4OS/c1-3-11-7-6-10(2)19(11)14(20)12-13(16)17-15(21-12)18-8-4-5-9-18/h10-11H,3-9,16H2,1-2H3. The van der Waals surface area contributed by atoms with Crippen molar-refractivity contribution in [2.75, 3.05) is 23.7 Å². The van der Waals surface area contributed by atoms with Crippen LogP contribution in [0.15, 0.2) is 0 Å². The zero-order valence-corrected chi connectivity index (χ0v) is 13.7. The average molecular weight is 308 g/mol. The molecule has 0 aliphatic carbocycles. The molecule has 2 saturated heterocycles. The number of nitrogens with zero attached hydrogens (tertiary/aromatic N) is 3. The van der Waals surface area contributed by atoms with Crippen molar-refractivity contribution in [3.05, 3.63) is 4.88 Å². The number of rotatable bonds is 3. The lowest BCUT2D eigenvalue weighted by molar-refractivity contribution is 0.0682. The fourth-order valence-electron chi connectivity index (χ4n) is 3.47. The first-order chi connectivity index (χ1) is 10.1. The van der Waals surface area contributed by atoms with Crippen LogP contribution in [0, 0.1) is 0 Å². The van der Waals surface area contributed by atoms with Gasteiger partial charge in [0, 0.05) is 25.2 Å². The first-order valence-electron chi connectivity index (χ1n) is 7.95. The largest absolute Gasteiger partial charge is 0.382 e. The second kappa shape index (κ2) is 5.83. The number of amides is 1. The van der Waals surface area contributed by atoms with Crippen LogP contribution in [0.25, 0.3) is 0 Å². The molecule has 6 heteroatoms. The fraction of sp³-hybridized carbons (Fsp3) is 0.733. The maximum atomic E-state index is 12.9. The Balaban J connectivity index is 1.84. The van der Waals surface area contributed by atoms with Crippen molar-refractivity contribution in [1.82, 2.24) is 9.88 Å². The van der Waals surface area contributed by atoms with Crippen molar-refractivity contribution < 1.29 is 4.79 Å². The van der Waals surface area contributed by atoms with Crippen LogP contribution in [0.3, 0.4) is 0 Å². The van der Waals surface area contributed by atoms with E-state index in [0.29, 0.717) is 22.8 Å². The second-order valence-corrected chi connectivity index (χ2v) is 7.08. The lowest BCUT2D eigenvalue weighted by Gasteiger charge is -2.27. The number of nitrogens with two attached hydrogens (primary N) is 1. The Bertz CT molecular complexity index is 524. The number of anilines is 2. The van der Waals surface area contributed by atoms with E-state index in [2.05, 4.69) is 23.7 Å². The van der Waals surface area contributed by atoms with E-state index in [1.54, 1.807) is 0 Å². The van der Waals surface area contributed by atoms with Gasteiger partial charge in [0.25, 0.3) is 5.91 Å². The topological polar surface area (TPSA) is 62.5 Å². The van der Waals surface area contributed by atoms with Gasteiger partial charge in [-0.25, -0.2) is 4.98 Å². The summed E-state index contributed by atoms with van der Waals surface area (Å²) in [6, 6.07) is 0.656. The minimum absolute atomic E-state index is 0.0762. The van der Waals surface area contributed by atoms with Crippen LogP contribution >= 0.6 is 11.3 Å². The highest BCUT2D eigenvalue weighted by Gasteiger charge is 2.35. The quantitative estimate of drug-likeness (QED) is 0.932. The number of aromatic nitrogens is 1. The Hall–Kier alpha value is -1.30. The third kappa shape index (κ3) is 2.61. The maximum absolute atomic E-state index is 12.9. The molecule has 1 amide bonds. The molecule has 1 aromatic rings. The summed E-state index contributed by atoms with van der Waals surface area (Å²) in [6.07, 6.45) is 5.59. The Morgan fingerprint density at radius 3 is 2.76 bits per heavy atom. The van der Waals surface area contributed by atoms with Gasteiger partial charge in [-0.3, -0.25) is 4.79 Å². The molecule has 3 rings (SSSR count). The van der Waals surface area contributed by atoms with E-state index in [-0.39, 0.29) is 5.91 Å². The molecule has 5 nitrogen and oxygen atoms in total. The second-order valence-electron chi connectivity index (χ2n) is 6.11. The van der Waals surface area contributed by atoms with Gasteiger partial charge in [0.1, 0.15) is 10.7 Å². The molecule has 3 heterocycles. The van der Waals surface area contributed by atoms with Gasteiger partial charge in [-0.2, -0.15) is 0 Å². The summed E-state index contributed by atoms with van der Waals surface area (Å²) in [7, 11) is 0. The summed E-state index contributed by atoms with van der Waals surface area (Å²) < 4.78 is 0. The molecule has 0 saturated carbocycles. The molecule has 1 aromatic heterocycles. The van der Waals surface area contributed by atoms with Gasteiger partial charge in [0.2, 0.25) is 0 Å². The average Bonchev–Trinajstić information content (AvgIpc) is 3.16. The number of nitrogen functional groups attached to an aromatic ring is 1. The summed E-state index contributed by atoms with van der Waals surface area (Å²) in [4.78, 5) is 22.2. The third-order valence-corrected chi connectivity index (χ3v) is 5.82. The van der Waals surface area contributed by atoms with Gasteiger partial charge < -0.3 is 15.5 Å². The van der Waals surface area contributed by atoms with Gasteiger partial charge in [-0.1, -0.05) is 18.3 Å². The van der Waals surface area contributed by atoms with E-state index in [1.165, 1.54) is 24.2 Å². The van der Waals surface area contributed by atoms with Crippen molar-refractivity contribution in [1.29, 1.82) is 0 Å². The molecule has 2 aliphatic rings. The molecule has 2 aliphatic heterocycles. The lowest BCUT2D eigenvalue weighted by atomic mass is 10.1. The number of carbonyl (C=O) groups excluding carboxylic acids is 1. The Morgan fingerprint density at radius 2 is 2.10 bits per heavy atom. The molecule has 0 aromatic carbocycles. The van der Waals surface area contributed by atoms with Gasteiger partial charge in [0.05, 0.1) is 0 Å². The molecule has 21 heavy (non-hydrogen) atoms. The third-order valence-electron chi connectivity index (χ3n) is 4.70. The zero-order chi connectivity index (χ0) is 15.0. The molecule has 116 valence electrons. The number of hydrogen-bond donors (Lipinski definition) is 1. The maximum Gasteiger partial charge on any atom is 0.268 e. The molecule has 2 N–H and O–H groups in total. The van der Waals surface area contributed by atoms with Crippen molar-refractivity contribution >= 4 is 28.2 Å². The number of carbonyl (C=O) groups is 1. The van der Waals surface area contributed by atoms with E-state index in [1.807, 2.05) is 4.90 Å². The summed E-state index contributed by atoms with van der Waals surface area (Å²) in [6.45, 7) is 6.33. The normalized spacial score (nSPS) is 25.8. The fourth-order valence-corrected chi connectivity index (χ4v) is 4.45. The zero-order valence-electron chi connectivity index (χ0n) is 12.8. The molecular formula is C15H24N4OS. The van der Waals surface area contributed by atoms with Crippen LogP contribution < -0.4 is 10.6 Å². The summed E-state index contributed by atoms with van der Waals surface area (Å²) in [5.41, 5.74) is 6.03. The first kappa shape index (κ1) is 14.6. The van der Waals surface area contributed by atoms with Crippen LogP contribution in [0.2, 0.25) is 0 Å². The first-order valence-corrected chi connectivity index (χ1v) is 8.77. The summed E-state index contributed by atoms with van der Waals surface area (Å²) in [5, 5.41) is 0.910. The number of likely N-dealkylation sites (tertiary alicyclic amines) is 1. The highest BCUT2D eigenvalue weighted by Crippen LogP contribution is 2.34. The van der Waals surface area contributed by atoms with Crippen molar-refractivity contribution in [3.63, 3.8) is 0 Å². The minimum atomic E-state index is 0.0762. The minimum Gasteiger partial charge on any atom is -0.382 e. The molecular weight excluding hydrogens is 284 g/mol. The highest BCUT2D eigenvalue weighted by molar-refractivity contribution is 7.18. The van der Waals surface area contributed by atoms with Crippen LogP contribution in [-0.2, 0) is 0 Å². The lowest BCUT2D eigenvalue weighted by Crippen LogP contribution is -2.39. The smallest absolute Gasteiger partial charge is 0.268 e. The van der Waals surface area contributed by atoms with Crippen LogP contribution in [0.1, 0.15) is 55.6 Å². The molecule has 2 unspecified atom stereocenters. The number of hydrogen-bond acceptors (Lipinski definition) is 5. The monoisotopic (exact) mass is 308 g/mol. The van der Waals surface area contributed by atoms with E-state index >= 15 is 0 Å². The molecule has 0 radical (unpaired) electrons. The summed E-state index contributed by atoms with van der Waals surface area (Å²) >= 11 is 1.46. The molecule has 0 spiro atoms. The number of thiazole rings is 1. The van der Waals surface area contributed by atoms with E-state index in [0.717, 1.165) is 37.5 Å². The molecule has 0 bridgehead atoms. The van der Waals surface area contributed by atoms with Gasteiger partial charge in [0.15, 0.2) is 5.13 Å². The van der Waals surface area contributed by atoms with E-state index in [4.69, 9.17) is 5.73 Å². The molecule has 2 atom stereocenters. The van der Waals surface area contributed by atoms with Gasteiger partial charge in [-0.05, 0) is 39.0 Å². The van der Waals surface area contributed by atoms with Crippen molar-refractivity contribution in [3.8, 4) is 0 Å². The predicted octanol–water partition coefficient (Wildman–Crippen LogP) is 2.73. The van der Waals surface area contributed by atoms with Crippen molar-refractivity contribution in [2.24, 2.45) is 0 Å².